The number of hydrogen-bond donors (Lipinski definition) is 1. The molecule has 1 fully saturated rings. The number of hydrogen-bond acceptors (Lipinski definition) is 4. The molecule has 0 aliphatic carbocycles. The smallest absolute Gasteiger partial charge is 0.150 e. The van der Waals surface area contributed by atoms with Crippen LogP contribution >= 0.6 is 0 Å². The maximum absolute atomic E-state index is 6.14. The highest BCUT2D eigenvalue weighted by atomic mass is 16.5. The van der Waals surface area contributed by atoms with E-state index < -0.39 is 0 Å². The number of nitrogens with zero attached hydrogens (tertiary/aromatic N) is 3. The first-order valence-electron chi connectivity index (χ1n) is 6.28. The van der Waals surface area contributed by atoms with E-state index in [0.29, 0.717) is 6.04 Å². The molecular formula is C12H22N4O. The standard InChI is InChI=1S/C12H22N4O/c1-4-6-16-12(11(13)9(2)14-16)15(3)10-5-7-17-8-10/h10H,4-8,13H2,1-3H3. The molecule has 1 aromatic rings. The summed E-state index contributed by atoms with van der Waals surface area (Å²) in [6, 6.07) is 0.420. The van der Waals surface area contributed by atoms with Gasteiger partial charge in [0.1, 0.15) is 0 Å². The lowest BCUT2D eigenvalue weighted by atomic mass is 10.2. The van der Waals surface area contributed by atoms with Crippen LogP contribution in [-0.2, 0) is 11.3 Å². The minimum absolute atomic E-state index is 0.420. The van der Waals surface area contributed by atoms with Gasteiger partial charge in [0, 0.05) is 20.2 Å². The molecule has 0 spiro atoms. The summed E-state index contributed by atoms with van der Waals surface area (Å²) in [6.07, 6.45) is 2.12. The van der Waals surface area contributed by atoms with Gasteiger partial charge in [-0.3, -0.25) is 0 Å². The quantitative estimate of drug-likeness (QED) is 0.861. The first-order valence-corrected chi connectivity index (χ1v) is 6.28. The second-order valence-electron chi connectivity index (χ2n) is 4.67. The van der Waals surface area contributed by atoms with E-state index in [1.54, 1.807) is 0 Å². The van der Waals surface area contributed by atoms with Crippen LogP contribution in [0, 0.1) is 6.92 Å². The van der Waals surface area contributed by atoms with Gasteiger partial charge in [-0.2, -0.15) is 5.10 Å². The maximum atomic E-state index is 6.14. The van der Waals surface area contributed by atoms with Gasteiger partial charge < -0.3 is 15.4 Å². The second kappa shape index (κ2) is 4.96. The van der Waals surface area contributed by atoms with Crippen LogP contribution in [0.5, 0.6) is 0 Å². The van der Waals surface area contributed by atoms with Crippen molar-refractivity contribution in [3.05, 3.63) is 5.69 Å². The third-order valence-electron chi connectivity index (χ3n) is 3.37. The van der Waals surface area contributed by atoms with Gasteiger partial charge in [-0.1, -0.05) is 6.92 Å². The molecule has 5 nitrogen and oxygen atoms in total. The molecule has 1 aromatic heterocycles. The fourth-order valence-corrected chi connectivity index (χ4v) is 2.32. The molecule has 0 aromatic carbocycles. The molecule has 1 unspecified atom stereocenters. The van der Waals surface area contributed by atoms with Gasteiger partial charge in [0.15, 0.2) is 5.82 Å². The van der Waals surface area contributed by atoms with E-state index in [9.17, 15) is 0 Å². The molecule has 0 amide bonds. The molecule has 1 saturated heterocycles. The van der Waals surface area contributed by atoms with Gasteiger partial charge in [-0.25, -0.2) is 4.68 Å². The van der Waals surface area contributed by atoms with E-state index in [1.807, 2.05) is 11.6 Å². The predicted octanol–water partition coefficient (Wildman–Crippen LogP) is 1.41. The number of aryl methyl sites for hydroxylation is 2. The van der Waals surface area contributed by atoms with E-state index in [-0.39, 0.29) is 0 Å². The Balaban J connectivity index is 2.28. The monoisotopic (exact) mass is 238 g/mol. The summed E-state index contributed by atoms with van der Waals surface area (Å²) in [7, 11) is 2.08. The van der Waals surface area contributed by atoms with Crippen LogP contribution in [0.1, 0.15) is 25.5 Å². The Hall–Kier alpha value is -1.23. The molecule has 5 heteroatoms. The average molecular weight is 238 g/mol. The molecule has 2 rings (SSSR count). The summed E-state index contributed by atoms with van der Waals surface area (Å²) >= 11 is 0. The summed E-state index contributed by atoms with van der Waals surface area (Å²) in [6.45, 7) is 6.65. The summed E-state index contributed by atoms with van der Waals surface area (Å²) in [5.41, 5.74) is 7.85. The molecule has 0 radical (unpaired) electrons. The number of nitrogens with two attached hydrogens (primary N) is 1. The Morgan fingerprint density at radius 3 is 2.94 bits per heavy atom. The van der Waals surface area contributed by atoms with Crippen LogP contribution in [0.15, 0.2) is 0 Å². The Morgan fingerprint density at radius 1 is 1.59 bits per heavy atom. The Morgan fingerprint density at radius 2 is 2.35 bits per heavy atom. The van der Waals surface area contributed by atoms with Crippen molar-refractivity contribution < 1.29 is 4.74 Å². The fraction of sp³-hybridized carbons (Fsp3) is 0.750. The summed E-state index contributed by atoms with van der Waals surface area (Å²) in [5, 5.41) is 4.50. The largest absolute Gasteiger partial charge is 0.394 e. The molecule has 0 saturated carbocycles. The molecule has 2 N–H and O–H groups in total. The van der Waals surface area contributed by atoms with Crippen LogP contribution < -0.4 is 10.6 Å². The number of nitrogen functional groups attached to an aromatic ring is 1. The summed E-state index contributed by atoms with van der Waals surface area (Å²) in [5.74, 6) is 1.04. The molecule has 1 aliphatic rings. The van der Waals surface area contributed by atoms with E-state index in [0.717, 1.165) is 49.8 Å². The van der Waals surface area contributed by atoms with E-state index >= 15 is 0 Å². The zero-order valence-electron chi connectivity index (χ0n) is 10.9. The number of ether oxygens (including phenoxy) is 1. The van der Waals surface area contributed by atoms with Crippen molar-refractivity contribution in [3.63, 3.8) is 0 Å². The zero-order chi connectivity index (χ0) is 12.4. The van der Waals surface area contributed by atoms with Crippen molar-refractivity contribution in [2.24, 2.45) is 0 Å². The molecule has 2 heterocycles. The fourth-order valence-electron chi connectivity index (χ4n) is 2.32. The average Bonchev–Trinajstić information content (AvgIpc) is 2.89. The van der Waals surface area contributed by atoms with Gasteiger partial charge >= 0.3 is 0 Å². The molecule has 17 heavy (non-hydrogen) atoms. The Bertz CT molecular complexity index is 382. The number of likely N-dealkylation sites (N-methyl/N-ethyl adjacent to an activating group) is 1. The van der Waals surface area contributed by atoms with Gasteiger partial charge in [0.05, 0.1) is 24.0 Å². The number of anilines is 2. The van der Waals surface area contributed by atoms with Crippen LogP contribution in [0.3, 0.4) is 0 Å². The SMILES string of the molecule is CCCn1nc(C)c(N)c1N(C)C1CCOC1. The van der Waals surface area contributed by atoms with Gasteiger partial charge in [0.2, 0.25) is 0 Å². The van der Waals surface area contributed by atoms with Gasteiger partial charge in [-0.05, 0) is 19.8 Å². The third-order valence-corrected chi connectivity index (χ3v) is 3.37. The third kappa shape index (κ3) is 2.24. The highest BCUT2D eigenvalue weighted by Crippen LogP contribution is 2.29. The lowest BCUT2D eigenvalue weighted by Crippen LogP contribution is -2.34. The first kappa shape index (κ1) is 12.2. The second-order valence-corrected chi connectivity index (χ2v) is 4.67. The minimum atomic E-state index is 0.420. The minimum Gasteiger partial charge on any atom is -0.394 e. The Kier molecular flexibility index (Phi) is 3.57. The lowest BCUT2D eigenvalue weighted by Gasteiger charge is -2.26. The van der Waals surface area contributed by atoms with Crippen molar-refractivity contribution in [3.8, 4) is 0 Å². The summed E-state index contributed by atoms with van der Waals surface area (Å²) < 4.78 is 7.45. The highest BCUT2D eigenvalue weighted by Gasteiger charge is 2.25. The topological polar surface area (TPSA) is 56.3 Å². The lowest BCUT2D eigenvalue weighted by molar-refractivity contribution is 0.193. The van der Waals surface area contributed by atoms with Crippen LogP contribution in [0.2, 0.25) is 0 Å². The van der Waals surface area contributed by atoms with Crippen molar-refractivity contribution in [2.75, 3.05) is 30.9 Å². The van der Waals surface area contributed by atoms with Gasteiger partial charge in [0.25, 0.3) is 0 Å². The van der Waals surface area contributed by atoms with Crippen LogP contribution in [-0.4, -0.2) is 36.1 Å². The molecule has 1 aliphatic heterocycles. The molecule has 1 atom stereocenters. The van der Waals surface area contributed by atoms with Crippen molar-refractivity contribution in [2.45, 2.75) is 39.3 Å². The maximum Gasteiger partial charge on any atom is 0.150 e. The van der Waals surface area contributed by atoms with Crippen molar-refractivity contribution in [1.29, 1.82) is 0 Å². The molecule has 96 valence electrons. The predicted molar refractivity (Wildman–Crippen MR) is 69.3 cm³/mol. The molecule has 0 bridgehead atoms. The van der Waals surface area contributed by atoms with Crippen molar-refractivity contribution >= 4 is 11.5 Å². The van der Waals surface area contributed by atoms with E-state index in [2.05, 4.69) is 24.0 Å². The summed E-state index contributed by atoms with van der Waals surface area (Å²) in [4.78, 5) is 2.22. The number of aromatic nitrogens is 2. The van der Waals surface area contributed by atoms with E-state index in [1.165, 1.54) is 0 Å². The number of rotatable bonds is 4. The highest BCUT2D eigenvalue weighted by molar-refractivity contribution is 5.66. The van der Waals surface area contributed by atoms with Gasteiger partial charge in [-0.15, -0.1) is 0 Å². The van der Waals surface area contributed by atoms with Crippen molar-refractivity contribution in [1.82, 2.24) is 9.78 Å². The molecular weight excluding hydrogens is 216 g/mol. The van der Waals surface area contributed by atoms with Crippen LogP contribution in [0.25, 0.3) is 0 Å². The first-order chi connectivity index (χ1) is 8.15. The van der Waals surface area contributed by atoms with Crippen LogP contribution in [0.4, 0.5) is 11.5 Å². The normalized spacial score (nSPS) is 19.8. The Labute approximate surface area is 103 Å². The zero-order valence-corrected chi connectivity index (χ0v) is 10.9. The van der Waals surface area contributed by atoms with E-state index in [4.69, 9.17) is 10.5 Å².